The van der Waals surface area contributed by atoms with Gasteiger partial charge in [-0.1, -0.05) is 29.8 Å². The largest absolute Gasteiger partial charge is 0.491 e. The molecule has 0 bridgehead atoms. The molecule has 0 radical (unpaired) electrons. The third-order valence-electron chi connectivity index (χ3n) is 4.27. The van der Waals surface area contributed by atoms with Crippen LogP contribution in [0.1, 0.15) is 25.3 Å². The molecule has 6 heteroatoms. The Morgan fingerprint density at radius 1 is 1.15 bits per heavy atom. The summed E-state index contributed by atoms with van der Waals surface area (Å²) < 4.78 is 6.02. The predicted octanol–water partition coefficient (Wildman–Crippen LogP) is 5.02. The fourth-order valence-corrected chi connectivity index (χ4v) is 3.06. The van der Waals surface area contributed by atoms with E-state index in [1.54, 1.807) is 19.4 Å². The molecule has 0 aliphatic carbocycles. The monoisotopic (exact) mass is 382 g/mol. The molecule has 3 aromatic rings. The SMILES string of the molecule is CNc1ncc(-c2ccc(O[C@@H](C)CCCc3cccnc3)cc2)c(Cl)n1. The molecular weight excluding hydrogens is 360 g/mol. The lowest BCUT2D eigenvalue weighted by Gasteiger charge is -2.15. The topological polar surface area (TPSA) is 59.9 Å². The van der Waals surface area contributed by atoms with Crippen molar-refractivity contribution in [2.24, 2.45) is 0 Å². The fraction of sp³-hybridized carbons (Fsp3) is 0.286. The van der Waals surface area contributed by atoms with Gasteiger partial charge in [-0.3, -0.25) is 4.98 Å². The van der Waals surface area contributed by atoms with E-state index in [0.29, 0.717) is 11.1 Å². The van der Waals surface area contributed by atoms with Crippen LogP contribution in [0.4, 0.5) is 5.95 Å². The van der Waals surface area contributed by atoms with Gasteiger partial charge in [-0.25, -0.2) is 9.97 Å². The van der Waals surface area contributed by atoms with Gasteiger partial charge >= 0.3 is 0 Å². The molecule has 5 nitrogen and oxygen atoms in total. The van der Waals surface area contributed by atoms with E-state index in [2.05, 4.69) is 33.3 Å². The van der Waals surface area contributed by atoms with Crippen molar-refractivity contribution in [1.82, 2.24) is 15.0 Å². The number of rotatable bonds is 8. The van der Waals surface area contributed by atoms with Gasteiger partial charge in [0.2, 0.25) is 5.95 Å². The Bertz CT molecular complexity index is 856. The summed E-state index contributed by atoms with van der Waals surface area (Å²) in [5.74, 6) is 1.35. The summed E-state index contributed by atoms with van der Waals surface area (Å²) in [5.41, 5.74) is 3.02. The maximum Gasteiger partial charge on any atom is 0.223 e. The molecule has 0 aliphatic rings. The third-order valence-corrected chi connectivity index (χ3v) is 4.56. The Labute approximate surface area is 164 Å². The highest BCUT2D eigenvalue weighted by Crippen LogP contribution is 2.28. The summed E-state index contributed by atoms with van der Waals surface area (Å²) in [7, 11) is 1.76. The van der Waals surface area contributed by atoms with Crippen LogP contribution in [0.3, 0.4) is 0 Å². The van der Waals surface area contributed by atoms with E-state index in [9.17, 15) is 0 Å². The number of hydrogen-bond acceptors (Lipinski definition) is 5. The van der Waals surface area contributed by atoms with Crippen LogP contribution in [0.25, 0.3) is 11.1 Å². The number of aryl methyl sites for hydroxylation is 1. The second-order valence-corrected chi connectivity index (χ2v) is 6.71. The molecule has 1 aromatic carbocycles. The van der Waals surface area contributed by atoms with Gasteiger partial charge in [0.25, 0.3) is 0 Å². The number of aromatic nitrogens is 3. The maximum absolute atomic E-state index is 6.25. The molecule has 0 saturated heterocycles. The standard InChI is InChI=1S/C21H23ClN4O/c1-15(5-3-6-16-7-4-12-24-13-16)27-18-10-8-17(9-11-18)19-14-25-21(23-2)26-20(19)22/h4,7-15H,3,5-6H2,1-2H3,(H,23,25,26)/t15-/m0/s1. The van der Waals surface area contributed by atoms with Crippen LogP contribution in [0, 0.1) is 0 Å². The van der Waals surface area contributed by atoms with Crippen LogP contribution in [0.15, 0.2) is 55.0 Å². The molecule has 2 aromatic heterocycles. The van der Waals surface area contributed by atoms with Gasteiger partial charge < -0.3 is 10.1 Å². The minimum absolute atomic E-state index is 0.148. The molecule has 0 amide bonds. The Kier molecular flexibility index (Phi) is 6.60. The van der Waals surface area contributed by atoms with Crippen molar-refractivity contribution in [3.8, 4) is 16.9 Å². The molecule has 0 fully saturated rings. The number of hydrogen-bond donors (Lipinski definition) is 1. The number of ether oxygens (including phenoxy) is 1. The van der Waals surface area contributed by atoms with Crippen LogP contribution in [0.5, 0.6) is 5.75 Å². The minimum atomic E-state index is 0.148. The lowest BCUT2D eigenvalue weighted by molar-refractivity contribution is 0.208. The fourth-order valence-electron chi connectivity index (χ4n) is 2.82. The first-order valence-electron chi connectivity index (χ1n) is 9.02. The number of nitrogens with one attached hydrogen (secondary N) is 1. The molecule has 1 N–H and O–H groups in total. The van der Waals surface area contributed by atoms with E-state index in [1.165, 1.54) is 5.56 Å². The zero-order valence-electron chi connectivity index (χ0n) is 15.5. The Morgan fingerprint density at radius 3 is 2.63 bits per heavy atom. The summed E-state index contributed by atoms with van der Waals surface area (Å²) in [6.45, 7) is 2.10. The molecule has 0 unspecified atom stereocenters. The lowest BCUT2D eigenvalue weighted by Crippen LogP contribution is -2.11. The lowest BCUT2D eigenvalue weighted by atomic mass is 10.1. The van der Waals surface area contributed by atoms with Crippen LogP contribution in [-0.2, 0) is 6.42 Å². The second kappa shape index (κ2) is 9.33. The smallest absolute Gasteiger partial charge is 0.223 e. The van der Waals surface area contributed by atoms with Crippen LogP contribution in [-0.4, -0.2) is 28.1 Å². The van der Waals surface area contributed by atoms with Crippen LogP contribution < -0.4 is 10.1 Å². The van der Waals surface area contributed by atoms with Crippen molar-refractivity contribution in [3.05, 3.63) is 65.7 Å². The number of benzene rings is 1. The molecule has 0 spiro atoms. The highest BCUT2D eigenvalue weighted by Gasteiger charge is 2.09. The minimum Gasteiger partial charge on any atom is -0.491 e. The van der Waals surface area contributed by atoms with Gasteiger partial charge in [-0.15, -0.1) is 0 Å². The molecule has 2 heterocycles. The molecule has 0 aliphatic heterocycles. The van der Waals surface area contributed by atoms with E-state index >= 15 is 0 Å². The van der Waals surface area contributed by atoms with Crippen molar-refractivity contribution in [1.29, 1.82) is 0 Å². The average molecular weight is 383 g/mol. The first-order chi connectivity index (χ1) is 13.2. The van der Waals surface area contributed by atoms with Crippen molar-refractivity contribution in [3.63, 3.8) is 0 Å². The molecule has 27 heavy (non-hydrogen) atoms. The Morgan fingerprint density at radius 2 is 1.96 bits per heavy atom. The second-order valence-electron chi connectivity index (χ2n) is 6.35. The van der Waals surface area contributed by atoms with E-state index in [0.717, 1.165) is 36.1 Å². The highest BCUT2D eigenvalue weighted by atomic mass is 35.5. The van der Waals surface area contributed by atoms with E-state index in [4.69, 9.17) is 16.3 Å². The van der Waals surface area contributed by atoms with Gasteiger partial charge in [-0.05, 0) is 55.5 Å². The Hall–Kier alpha value is -2.66. The first-order valence-corrected chi connectivity index (χ1v) is 9.40. The summed E-state index contributed by atoms with van der Waals surface area (Å²) in [6, 6.07) is 11.9. The van der Waals surface area contributed by atoms with Gasteiger partial charge in [0.1, 0.15) is 10.9 Å². The summed E-state index contributed by atoms with van der Waals surface area (Å²) in [6.07, 6.45) is 8.65. The van der Waals surface area contributed by atoms with Gasteiger partial charge in [-0.2, -0.15) is 0 Å². The highest BCUT2D eigenvalue weighted by molar-refractivity contribution is 6.32. The van der Waals surface area contributed by atoms with Crippen molar-refractivity contribution in [2.75, 3.05) is 12.4 Å². The predicted molar refractivity (Wildman–Crippen MR) is 109 cm³/mol. The number of anilines is 1. The third kappa shape index (κ3) is 5.41. The van der Waals surface area contributed by atoms with Gasteiger partial charge in [0.15, 0.2) is 0 Å². The van der Waals surface area contributed by atoms with Crippen molar-refractivity contribution < 1.29 is 4.74 Å². The van der Waals surface area contributed by atoms with E-state index in [1.807, 2.05) is 36.5 Å². The van der Waals surface area contributed by atoms with Crippen LogP contribution in [0.2, 0.25) is 5.15 Å². The molecule has 140 valence electrons. The maximum atomic E-state index is 6.25. The van der Waals surface area contributed by atoms with E-state index in [-0.39, 0.29) is 6.10 Å². The van der Waals surface area contributed by atoms with Crippen molar-refractivity contribution >= 4 is 17.5 Å². The first kappa shape index (κ1) is 19.1. The number of pyridine rings is 1. The normalized spacial score (nSPS) is 11.8. The summed E-state index contributed by atoms with van der Waals surface area (Å²) in [5, 5.41) is 3.30. The molecule has 0 saturated carbocycles. The van der Waals surface area contributed by atoms with E-state index < -0.39 is 0 Å². The molecular formula is C21H23ClN4O. The van der Waals surface area contributed by atoms with Gasteiger partial charge in [0.05, 0.1) is 6.10 Å². The van der Waals surface area contributed by atoms with Crippen molar-refractivity contribution in [2.45, 2.75) is 32.3 Å². The zero-order chi connectivity index (χ0) is 19.1. The average Bonchev–Trinajstić information content (AvgIpc) is 2.69. The zero-order valence-corrected chi connectivity index (χ0v) is 16.3. The van der Waals surface area contributed by atoms with Gasteiger partial charge in [0, 0.05) is 31.2 Å². The number of nitrogens with zero attached hydrogens (tertiary/aromatic N) is 3. The quantitative estimate of drug-likeness (QED) is 0.554. The number of halogens is 1. The summed E-state index contributed by atoms with van der Waals surface area (Å²) in [4.78, 5) is 12.6. The molecule has 3 rings (SSSR count). The van der Waals surface area contributed by atoms with Crippen LogP contribution >= 0.6 is 11.6 Å². The molecule has 1 atom stereocenters. The summed E-state index contributed by atoms with van der Waals surface area (Å²) >= 11 is 6.25. The Balaban J connectivity index is 1.54.